The molecule has 1 rings (SSSR count). The fourth-order valence-electron chi connectivity index (χ4n) is 2.60. The predicted molar refractivity (Wildman–Crippen MR) is 85.1 cm³/mol. The fraction of sp³-hybridized carbons (Fsp3) is 0.625. The molecular formula is C16H26N2O5. The number of hydrogen-bond donors (Lipinski definition) is 3. The molecule has 0 aromatic rings. The molecule has 0 bridgehead atoms. The van der Waals surface area contributed by atoms with E-state index in [4.69, 9.17) is 10.6 Å². The molecule has 0 aliphatic heterocycles. The Morgan fingerprint density at radius 1 is 1.52 bits per heavy atom. The summed E-state index contributed by atoms with van der Waals surface area (Å²) in [6.45, 7) is 3.87. The molecule has 4 N–H and O–H groups in total. The molecule has 0 aromatic carbocycles. The van der Waals surface area contributed by atoms with E-state index in [9.17, 15) is 14.7 Å². The van der Waals surface area contributed by atoms with E-state index in [1.807, 2.05) is 6.92 Å². The number of ketones is 1. The summed E-state index contributed by atoms with van der Waals surface area (Å²) in [5, 5.41) is 12.6. The number of aliphatic hydroxyl groups excluding tert-OH is 1. The van der Waals surface area contributed by atoms with E-state index >= 15 is 0 Å². The van der Waals surface area contributed by atoms with Gasteiger partial charge in [-0.2, -0.15) is 4.89 Å². The van der Waals surface area contributed by atoms with Crippen molar-refractivity contribution in [2.24, 2.45) is 11.1 Å². The van der Waals surface area contributed by atoms with Crippen LogP contribution in [-0.2, 0) is 19.4 Å². The zero-order chi connectivity index (χ0) is 17.5. The Kier molecular flexibility index (Phi) is 7.25. The van der Waals surface area contributed by atoms with Gasteiger partial charge in [-0.15, -0.1) is 0 Å². The first-order valence-electron chi connectivity index (χ1n) is 7.75. The second-order valence-corrected chi connectivity index (χ2v) is 5.73. The molecule has 7 heteroatoms. The van der Waals surface area contributed by atoms with Gasteiger partial charge in [0.1, 0.15) is 0 Å². The third-order valence-corrected chi connectivity index (χ3v) is 3.78. The highest BCUT2D eigenvalue weighted by Crippen LogP contribution is 2.38. The number of hydrogen-bond acceptors (Lipinski definition) is 6. The molecule has 1 amide bonds. The van der Waals surface area contributed by atoms with Gasteiger partial charge in [0.2, 0.25) is 5.91 Å². The predicted octanol–water partition coefficient (Wildman–Crippen LogP) is 1.50. The Morgan fingerprint density at radius 2 is 2.22 bits per heavy atom. The van der Waals surface area contributed by atoms with Crippen molar-refractivity contribution in [1.82, 2.24) is 5.32 Å². The van der Waals surface area contributed by atoms with Gasteiger partial charge in [0.25, 0.3) is 0 Å². The van der Waals surface area contributed by atoms with Gasteiger partial charge in [-0.05, 0) is 25.8 Å². The number of nitrogens with one attached hydrogen (secondary N) is 1. The molecule has 0 spiro atoms. The van der Waals surface area contributed by atoms with Crippen molar-refractivity contribution >= 4 is 11.7 Å². The Bertz CT molecular complexity index is 499. The fourth-order valence-corrected chi connectivity index (χ4v) is 2.60. The number of carbonyl (C=O) groups excluding carboxylic acids is 2. The normalized spacial score (nSPS) is 21.9. The van der Waals surface area contributed by atoms with E-state index < -0.39 is 11.5 Å². The molecular weight excluding hydrogens is 300 g/mol. The lowest BCUT2D eigenvalue weighted by Crippen LogP contribution is -2.44. The van der Waals surface area contributed by atoms with Crippen molar-refractivity contribution < 1.29 is 24.5 Å². The van der Waals surface area contributed by atoms with Crippen molar-refractivity contribution in [3.63, 3.8) is 0 Å². The van der Waals surface area contributed by atoms with Crippen LogP contribution in [0.15, 0.2) is 23.7 Å². The highest BCUT2D eigenvalue weighted by atomic mass is 17.2. The second kappa shape index (κ2) is 8.69. The maximum absolute atomic E-state index is 12.6. The lowest BCUT2D eigenvalue weighted by atomic mass is 9.72. The highest BCUT2D eigenvalue weighted by Gasteiger charge is 2.41. The second-order valence-electron chi connectivity index (χ2n) is 5.73. The number of aliphatic hydroxyl groups is 1. The van der Waals surface area contributed by atoms with Crippen molar-refractivity contribution in [2.75, 3.05) is 13.7 Å². The maximum Gasteiger partial charge on any atom is 0.219 e. The van der Waals surface area contributed by atoms with Gasteiger partial charge >= 0.3 is 0 Å². The largest absolute Gasteiger partial charge is 0.504 e. The lowest BCUT2D eigenvalue weighted by molar-refractivity contribution is -0.244. The maximum atomic E-state index is 12.6. The van der Waals surface area contributed by atoms with E-state index in [0.717, 1.165) is 6.42 Å². The molecule has 0 heterocycles. The summed E-state index contributed by atoms with van der Waals surface area (Å²) in [5.74, 6) is -0.149. The molecule has 2 atom stereocenters. The first kappa shape index (κ1) is 19.2. The number of nitrogens with two attached hydrogens (primary N) is 1. The van der Waals surface area contributed by atoms with E-state index in [2.05, 4.69) is 10.2 Å². The summed E-state index contributed by atoms with van der Waals surface area (Å²) in [4.78, 5) is 33.7. The van der Waals surface area contributed by atoms with Crippen molar-refractivity contribution in [1.29, 1.82) is 0 Å². The summed E-state index contributed by atoms with van der Waals surface area (Å²) >= 11 is 0. The van der Waals surface area contributed by atoms with Gasteiger partial charge in [-0.1, -0.05) is 13.0 Å². The van der Waals surface area contributed by atoms with Crippen LogP contribution in [0, 0.1) is 5.41 Å². The third-order valence-electron chi connectivity index (χ3n) is 3.78. The minimum Gasteiger partial charge on any atom is -0.504 e. The standard InChI is InChI=1S/C16H26N2O5/c1-4-5-14(20)18-9-8-16(15(21)11(2)17)7-6-12(19)13(10-16)23-22-3/h6-7,11,19H,4-5,8-10,17H2,1-3H3,(H,18,20)/t11-,16?/m0/s1. The molecule has 0 saturated carbocycles. The Labute approximate surface area is 136 Å². The van der Waals surface area contributed by atoms with Crippen LogP contribution in [-0.4, -0.2) is 36.5 Å². The van der Waals surface area contributed by atoms with E-state index in [-0.39, 0.29) is 29.6 Å². The molecule has 0 radical (unpaired) electrons. The number of amides is 1. The van der Waals surface area contributed by atoms with Gasteiger partial charge in [0, 0.05) is 19.4 Å². The molecule has 0 aromatic heterocycles. The molecule has 0 saturated heterocycles. The minimum absolute atomic E-state index is 0.0533. The summed E-state index contributed by atoms with van der Waals surface area (Å²) < 4.78 is 0. The van der Waals surface area contributed by atoms with Crippen LogP contribution in [0.25, 0.3) is 0 Å². The van der Waals surface area contributed by atoms with Crippen LogP contribution in [0.2, 0.25) is 0 Å². The average molecular weight is 326 g/mol. The lowest BCUT2D eigenvalue weighted by Gasteiger charge is -2.33. The minimum atomic E-state index is -0.937. The molecule has 1 aliphatic carbocycles. The summed E-state index contributed by atoms with van der Waals surface area (Å²) in [6.07, 6.45) is 4.74. The van der Waals surface area contributed by atoms with Gasteiger partial charge in [-0.3, -0.25) is 9.59 Å². The molecule has 0 fully saturated rings. The zero-order valence-corrected chi connectivity index (χ0v) is 13.9. The summed E-state index contributed by atoms with van der Waals surface area (Å²) in [7, 11) is 1.32. The van der Waals surface area contributed by atoms with Gasteiger partial charge < -0.3 is 21.0 Å². The van der Waals surface area contributed by atoms with Crippen LogP contribution in [0.5, 0.6) is 0 Å². The number of Topliss-reactive ketones (excluding diaryl/α,β-unsaturated/α-hetero) is 1. The SMILES string of the molecule is CCCC(=O)NCCC1(C(=O)[C@H](C)N)C=CC(O)=C(OOC)C1. The quantitative estimate of drug-likeness (QED) is 0.437. The highest BCUT2D eigenvalue weighted by molar-refractivity contribution is 5.91. The third kappa shape index (κ3) is 5.07. The first-order chi connectivity index (χ1) is 10.9. The number of rotatable bonds is 9. The zero-order valence-electron chi connectivity index (χ0n) is 13.9. The van der Waals surface area contributed by atoms with E-state index in [1.54, 1.807) is 13.0 Å². The molecule has 130 valence electrons. The van der Waals surface area contributed by atoms with Crippen molar-refractivity contribution in [3.05, 3.63) is 23.7 Å². The van der Waals surface area contributed by atoms with E-state index in [0.29, 0.717) is 19.4 Å². The molecule has 23 heavy (non-hydrogen) atoms. The van der Waals surface area contributed by atoms with Crippen LogP contribution in [0.1, 0.15) is 39.5 Å². The van der Waals surface area contributed by atoms with Crippen LogP contribution in [0.3, 0.4) is 0 Å². The van der Waals surface area contributed by atoms with Gasteiger partial charge in [0.15, 0.2) is 17.3 Å². The van der Waals surface area contributed by atoms with Crippen molar-refractivity contribution in [2.45, 2.75) is 45.6 Å². The number of carbonyl (C=O) groups is 2. The average Bonchev–Trinajstić information content (AvgIpc) is 2.50. The van der Waals surface area contributed by atoms with Crippen LogP contribution in [0.4, 0.5) is 0 Å². The van der Waals surface area contributed by atoms with E-state index in [1.165, 1.54) is 13.2 Å². The van der Waals surface area contributed by atoms with Crippen molar-refractivity contribution in [3.8, 4) is 0 Å². The summed E-state index contributed by atoms with van der Waals surface area (Å²) in [6, 6.07) is -0.671. The van der Waals surface area contributed by atoms with Gasteiger partial charge in [0.05, 0.1) is 18.6 Å². The smallest absolute Gasteiger partial charge is 0.219 e. The van der Waals surface area contributed by atoms with Gasteiger partial charge in [-0.25, -0.2) is 0 Å². The number of allylic oxidation sites excluding steroid dienone is 3. The molecule has 1 unspecified atom stereocenters. The Balaban J connectivity index is 2.87. The molecule has 7 nitrogen and oxygen atoms in total. The monoisotopic (exact) mass is 326 g/mol. The Morgan fingerprint density at radius 3 is 2.78 bits per heavy atom. The summed E-state index contributed by atoms with van der Waals surface area (Å²) in [5.41, 5.74) is 4.83. The Hall–Kier alpha value is -1.86. The van der Waals surface area contributed by atoms with Crippen LogP contribution >= 0.6 is 0 Å². The van der Waals surface area contributed by atoms with Crippen LogP contribution < -0.4 is 11.1 Å². The first-order valence-corrected chi connectivity index (χ1v) is 7.75. The topological polar surface area (TPSA) is 111 Å². The molecule has 1 aliphatic rings.